The fraction of sp³-hybridized carbons (Fsp3) is 0.474. The molecule has 0 unspecified atom stereocenters. The van der Waals surface area contributed by atoms with Gasteiger partial charge in [0, 0.05) is 12.5 Å². The maximum atomic E-state index is 12.3. The lowest BCUT2D eigenvalue weighted by Crippen LogP contribution is -2.24. The second-order valence-corrected chi connectivity index (χ2v) is 6.82. The molecule has 0 saturated heterocycles. The van der Waals surface area contributed by atoms with Crippen LogP contribution in [-0.2, 0) is 14.3 Å². The van der Waals surface area contributed by atoms with Crippen molar-refractivity contribution in [3.05, 3.63) is 30.4 Å². The first-order valence-electron chi connectivity index (χ1n) is 8.29. The summed E-state index contributed by atoms with van der Waals surface area (Å²) in [4.78, 5) is 23.9. The van der Waals surface area contributed by atoms with Crippen LogP contribution in [0.1, 0.15) is 33.6 Å². The predicted molar refractivity (Wildman–Crippen MR) is 94.8 cm³/mol. The predicted octanol–water partition coefficient (Wildman–Crippen LogP) is 3.32. The minimum absolute atomic E-state index is 0.141. The number of anilines is 1. The van der Waals surface area contributed by atoms with Crippen molar-refractivity contribution in [2.24, 2.45) is 5.92 Å². The molecule has 0 spiro atoms. The molecular formula is C19H25NO5. The highest BCUT2D eigenvalue weighted by molar-refractivity contribution is 5.96. The number of carbonyl (C=O) groups is 2. The van der Waals surface area contributed by atoms with Gasteiger partial charge in [-0.2, -0.15) is 0 Å². The lowest BCUT2D eigenvalue weighted by Gasteiger charge is -2.19. The van der Waals surface area contributed by atoms with Gasteiger partial charge in [0.2, 0.25) is 5.91 Å². The summed E-state index contributed by atoms with van der Waals surface area (Å²) < 4.78 is 16.1. The molecule has 25 heavy (non-hydrogen) atoms. The topological polar surface area (TPSA) is 73.9 Å². The molecule has 1 aromatic carbocycles. The Morgan fingerprint density at radius 1 is 1.40 bits per heavy atom. The summed E-state index contributed by atoms with van der Waals surface area (Å²) in [5.74, 6) is 0.435. The summed E-state index contributed by atoms with van der Waals surface area (Å²) in [6.07, 6.45) is 4.37. The van der Waals surface area contributed by atoms with Crippen LogP contribution in [0.4, 0.5) is 5.69 Å². The minimum atomic E-state index is -0.483. The zero-order valence-electron chi connectivity index (χ0n) is 15.1. The summed E-state index contributed by atoms with van der Waals surface area (Å²) in [7, 11) is 1.58. The number of carbonyl (C=O) groups excluding carboxylic acids is 2. The summed E-state index contributed by atoms with van der Waals surface area (Å²) in [6, 6.07) is 5.25. The third-order valence-corrected chi connectivity index (χ3v) is 3.51. The zero-order valence-corrected chi connectivity index (χ0v) is 15.1. The molecule has 0 aliphatic carbocycles. The number of amides is 1. The molecule has 6 nitrogen and oxygen atoms in total. The van der Waals surface area contributed by atoms with Crippen LogP contribution in [0.5, 0.6) is 11.5 Å². The number of methoxy groups -OCH3 is 1. The highest BCUT2D eigenvalue weighted by Gasteiger charge is 2.23. The molecule has 1 N–H and O–H groups in total. The van der Waals surface area contributed by atoms with Crippen LogP contribution in [0.3, 0.4) is 0 Å². The van der Waals surface area contributed by atoms with Gasteiger partial charge in [0.05, 0.1) is 18.7 Å². The highest BCUT2D eigenvalue weighted by Crippen LogP contribution is 2.32. The second kappa shape index (κ2) is 8.05. The number of rotatable bonds is 5. The Hall–Kier alpha value is -2.50. The quantitative estimate of drug-likeness (QED) is 0.653. The van der Waals surface area contributed by atoms with Gasteiger partial charge in [-0.1, -0.05) is 12.2 Å². The number of nitrogens with one attached hydrogen (secondary N) is 1. The number of esters is 1. The average molecular weight is 347 g/mol. The van der Waals surface area contributed by atoms with E-state index in [1.54, 1.807) is 31.4 Å². The first kappa shape index (κ1) is 18.8. The van der Waals surface area contributed by atoms with Crippen LogP contribution < -0.4 is 14.8 Å². The lowest BCUT2D eigenvalue weighted by atomic mass is 10.1. The van der Waals surface area contributed by atoms with E-state index in [0.717, 1.165) is 0 Å². The van der Waals surface area contributed by atoms with Crippen molar-refractivity contribution in [2.45, 2.75) is 39.2 Å². The molecule has 136 valence electrons. The molecule has 1 atom stereocenters. The Morgan fingerprint density at radius 2 is 2.16 bits per heavy atom. The Kier molecular flexibility index (Phi) is 6.07. The molecule has 6 heteroatoms. The van der Waals surface area contributed by atoms with Crippen LogP contribution in [0, 0.1) is 5.92 Å². The lowest BCUT2D eigenvalue weighted by molar-refractivity contribution is -0.154. The van der Waals surface area contributed by atoms with Gasteiger partial charge in [0.25, 0.3) is 0 Å². The highest BCUT2D eigenvalue weighted by atomic mass is 16.6. The fourth-order valence-corrected chi connectivity index (χ4v) is 2.33. The largest absolute Gasteiger partial charge is 0.497 e. The summed E-state index contributed by atoms with van der Waals surface area (Å²) in [5.41, 5.74) is 0.137. The van der Waals surface area contributed by atoms with E-state index in [1.165, 1.54) is 0 Å². The molecule has 1 amide bonds. The van der Waals surface area contributed by atoms with E-state index in [9.17, 15) is 9.59 Å². The molecule has 1 aliphatic rings. The molecular weight excluding hydrogens is 322 g/mol. The van der Waals surface area contributed by atoms with Crippen LogP contribution in [0.25, 0.3) is 0 Å². The van der Waals surface area contributed by atoms with Gasteiger partial charge in [-0.15, -0.1) is 0 Å². The number of allylic oxidation sites excluding steroid dienone is 1. The first-order chi connectivity index (χ1) is 11.8. The molecule has 0 radical (unpaired) electrons. The van der Waals surface area contributed by atoms with Gasteiger partial charge in [-0.05, 0) is 39.3 Å². The number of hydrogen-bond donors (Lipinski definition) is 1. The Morgan fingerprint density at radius 3 is 2.84 bits per heavy atom. The van der Waals surface area contributed by atoms with Gasteiger partial charge in [0.15, 0.2) is 0 Å². The van der Waals surface area contributed by atoms with Crippen molar-refractivity contribution < 1.29 is 23.8 Å². The average Bonchev–Trinajstić information content (AvgIpc) is 2.68. The van der Waals surface area contributed by atoms with Crippen molar-refractivity contribution in [3.8, 4) is 11.5 Å². The van der Waals surface area contributed by atoms with Crippen molar-refractivity contribution in [2.75, 3.05) is 19.0 Å². The first-order valence-corrected chi connectivity index (χ1v) is 8.29. The molecule has 1 aromatic rings. The van der Waals surface area contributed by atoms with Gasteiger partial charge in [-0.3, -0.25) is 9.59 Å². The van der Waals surface area contributed by atoms with Crippen LogP contribution in [0.15, 0.2) is 30.4 Å². The van der Waals surface area contributed by atoms with Crippen molar-refractivity contribution in [3.63, 3.8) is 0 Å². The molecule has 1 aliphatic heterocycles. The van der Waals surface area contributed by atoms with Gasteiger partial charge >= 0.3 is 5.97 Å². The van der Waals surface area contributed by atoms with E-state index >= 15 is 0 Å². The SMILES string of the molecule is COc1ccc2c(c1)OC[C@H](/C=C/CCC(=O)OC(C)(C)C)C(=O)N2. The standard InChI is InChI=1S/C19H25NO5/c1-19(2,3)25-17(21)8-6-5-7-13-12-24-16-11-14(23-4)9-10-15(16)20-18(13)22/h5,7,9-11,13H,6,8,12H2,1-4H3,(H,20,22)/b7-5+/t13-/m0/s1. The van der Waals surface area contributed by atoms with E-state index in [-0.39, 0.29) is 24.9 Å². The third kappa shape index (κ3) is 5.81. The van der Waals surface area contributed by atoms with E-state index in [0.29, 0.717) is 23.6 Å². The smallest absolute Gasteiger partial charge is 0.306 e. The number of benzene rings is 1. The number of ether oxygens (including phenoxy) is 3. The Balaban J connectivity index is 1.89. The molecule has 0 bridgehead atoms. The number of hydrogen-bond acceptors (Lipinski definition) is 5. The van der Waals surface area contributed by atoms with Crippen LogP contribution in [-0.4, -0.2) is 31.2 Å². The normalized spacial score (nSPS) is 17.3. The molecule has 0 saturated carbocycles. The zero-order chi connectivity index (χ0) is 18.4. The molecule has 0 aromatic heterocycles. The second-order valence-electron chi connectivity index (χ2n) is 6.82. The van der Waals surface area contributed by atoms with Crippen molar-refractivity contribution in [1.82, 2.24) is 0 Å². The molecule has 1 heterocycles. The summed E-state index contributed by atoms with van der Waals surface area (Å²) in [5, 5.41) is 2.84. The Labute approximate surface area is 148 Å². The summed E-state index contributed by atoms with van der Waals surface area (Å²) in [6.45, 7) is 5.73. The minimum Gasteiger partial charge on any atom is -0.497 e. The van der Waals surface area contributed by atoms with E-state index in [4.69, 9.17) is 14.2 Å². The van der Waals surface area contributed by atoms with Crippen LogP contribution >= 0.6 is 0 Å². The van der Waals surface area contributed by atoms with Gasteiger partial charge in [-0.25, -0.2) is 0 Å². The summed E-state index contributed by atoms with van der Waals surface area (Å²) >= 11 is 0. The maximum absolute atomic E-state index is 12.3. The van der Waals surface area contributed by atoms with Crippen LogP contribution in [0.2, 0.25) is 0 Å². The third-order valence-electron chi connectivity index (χ3n) is 3.51. The number of fused-ring (bicyclic) bond motifs is 1. The monoisotopic (exact) mass is 347 g/mol. The van der Waals surface area contributed by atoms with Gasteiger partial charge in [0.1, 0.15) is 23.7 Å². The fourth-order valence-electron chi connectivity index (χ4n) is 2.33. The van der Waals surface area contributed by atoms with Gasteiger partial charge < -0.3 is 19.5 Å². The van der Waals surface area contributed by atoms with E-state index in [1.807, 2.05) is 26.8 Å². The van der Waals surface area contributed by atoms with E-state index in [2.05, 4.69) is 5.32 Å². The molecule has 2 rings (SSSR count). The molecule has 0 fully saturated rings. The Bertz CT molecular complexity index is 660. The van der Waals surface area contributed by atoms with Crippen molar-refractivity contribution >= 4 is 17.6 Å². The van der Waals surface area contributed by atoms with Crippen molar-refractivity contribution in [1.29, 1.82) is 0 Å². The maximum Gasteiger partial charge on any atom is 0.306 e. The van der Waals surface area contributed by atoms with E-state index < -0.39 is 11.5 Å².